The first-order chi connectivity index (χ1) is 11.2. The van der Waals surface area contributed by atoms with Crippen LogP contribution in [0.5, 0.6) is 0 Å². The van der Waals surface area contributed by atoms with E-state index in [1.165, 1.54) is 12.3 Å². The molecule has 0 N–H and O–H groups in total. The first-order valence-corrected chi connectivity index (χ1v) is 7.95. The van der Waals surface area contributed by atoms with Crippen LogP contribution in [0.15, 0.2) is 18.3 Å². The number of carbonyl (C=O) groups is 1. The van der Waals surface area contributed by atoms with Crippen molar-refractivity contribution in [2.45, 2.75) is 32.8 Å². The van der Waals surface area contributed by atoms with Crippen LogP contribution in [0.2, 0.25) is 0 Å². The molecule has 8 nitrogen and oxygen atoms in total. The van der Waals surface area contributed by atoms with Gasteiger partial charge in [-0.25, -0.2) is 9.78 Å². The summed E-state index contributed by atoms with van der Waals surface area (Å²) in [5.41, 5.74) is -0.515. The zero-order chi connectivity index (χ0) is 17.9. The molecule has 1 amide bonds. The Morgan fingerprint density at radius 2 is 2.21 bits per heavy atom. The van der Waals surface area contributed by atoms with E-state index in [0.29, 0.717) is 24.8 Å². The molecule has 132 valence electrons. The molecule has 0 unspecified atom stereocenters. The van der Waals surface area contributed by atoms with Gasteiger partial charge in [0.2, 0.25) is 0 Å². The molecule has 2 heterocycles. The van der Waals surface area contributed by atoms with Crippen molar-refractivity contribution in [1.82, 2.24) is 9.88 Å². The lowest BCUT2D eigenvalue weighted by atomic mass is 10.1. The summed E-state index contributed by atoms with van der Waals surface area (Å²) in [6.07, 6.45) is 1.88. The van der Waals surface area contributed by atoms with E-state index in [-0.39, 0.29) is 11.8 Å². The number of hydrogen-bond donors (Lipinski definition) is 0. The van der Waals surface area contributed by atoms with Gasteiger partial charge in [-0.05, 0) is 39.2 Å². The molecule has 1 fully saturated rings. The molecule has 8 heteroatoms. The number of nitrogens with zero attached hydrogens (tertiary/aromatic N) is 4. The van der Waals surface area contributed by atoms with Gasteiger partial charge in [0.05, 0.1) is 4.92 Å². The molecule has 2 rings (SSSR count). The van der Waals surface area contributed by atoms with Crippen LogP contribution in [0.25, 0.3) is 0 Å². The van der Waals surface area contributed by atoms with E-state index in [0.717, 1.165) is 13.0 Å². The molecular weight excluding hydrogens is 312 g/mol. The molecular formula is C16H24N4O4. The molecule has 1 saturated heterocycles. The molecule has 0 aliphatic carbocycles. The Labute approximate surface area is 141 Å². The second kappa shape index (κ2) is 7.02. The Balaban J connectivity index is 1.88. The standard InChI is InChI=1S/C16H24N4O4/c1-16(2,3)24-15(21)19-8-7-12(11-19)10-18(4)14-6-5-13(9-17-14)20(22)23/h5-6,9,12H,7-8,10-11H2,1-4H3/t12-/m0/s1. The minimum absolute atomic E-state index is 0.0240. The number of anilines is 1. The van der Waals surface area contributed by atoms with Crippen LogP contribution in [0, 0.1) is 16.0 Å². The maximum absolute atomic E-state index is 12.1. The molecule has 0 spiro atoms. The summed E-state index contributed by atoms with van der Waals surface area (Å²) < 4.78 is 5.39. The van der Waals surface area contributed by atoms with Gasteiger partial charge in [-0.2, -0.15) is 0 Å². The second-order valence-electron chi connectivity index (χ2n) is 7.09. The van der Waals surface area contributed by atoms with Gasteiger partial charge in [-0.3, -0.25) is 10.1 Å². The molecule has 1 aliphatic heterocycles. The molecule has 1 aromatic rings. The van der Waals surface area contributed by atoms with Crippen molar-refractivity contribution in [3.05, 3.63) is 28.4 Å². The number of hydrogen-bond acceptors (Lipinski definition) is 6. The average molecular weight is 336 g/mol. The minimum Gasteiger partial charge on any atom is -0.444 e. The van der Waals surface area contributed by atoms with E-state index in [1.807, 2.05) is 32.7 Å². The van der Waals surface area contributed by atoms with Crippen molar-refractivity contribution in [2.75, 3.05) is 31.6 Å². The predicted molar refractivity (Wildman–Crippen MR) is 90.1 cm³/mol. The summed E-state index contributed by atoms with van der Waals surface area (Å²) in [5.74, 6) is 0.996. The highest BCUT2D eigenvalue weighted by Gasteiger charge is 2.30. The lowest BCUT2D eigenvalue weighted by Crippen LogP contribution is -2.36. The number of amides is 1. The maximum Gasteiger partial charge on any atom is 0.410 e. The smallest absolute Gasteiger partial charge is 0.410 e. The van der Waals surface area contributed by atoms with Crippen LogP contribution in [-0.4, -0.2) is 53.2 Å². The number of aromatic nitrogens is 1. The van der Waals surface area contributed by atoms with Crippen molar-refractivity contribution in [3.8, 4) is 0 Å². The molecule has 0 radical (unpaired) electrons. The Morgan fingerprint density at radius 3 is 2.75 bits per heavy atom. The van der Waals surface area contributed by atoms with Crippen molar-refractivity contribution in [2.24, 2.45) is 5.92 Å². The fourth-order valence-corrected chi connectivity index (χ4v) is 2.67. The SMILES string of the molecule is CN(C[C@@H]1CCN(C(=O)OC(C)(C)C)C1)c1ccc([N+](=O)[O-])cn1. The van der Waals surface area contributed by atoms with Crippen molar-refractivity contribution in [1.29, 1.82) is 0 Å². The zero-order valence-corrected chi connectivity index (χ0v) is 14.6. The summed E-state index contributed by atoms with van der Waals surface area (Å²) in [4.78, 5) is 30.1. The fourth-order valence-electron chi connectivity index (χ4n) is 2.67. The Hall–Kier alpha value is -2.38. The van der Waals surface area contributed by atoms with Crippen LogP contribution in [0.3, 0.4) is 0 Å². The molecule has 1 aromatic heterocycles. The highest BCUT2D eigenvalue weighted by molar-refractivity contribution is 5.68. The van der Waals surface area contributed by atoms with E-state index < -0.39 is 10.5 Å². The highest BCUT2D eigenvalue weighted by Crippen LogP contribution is 2.22. The third kappa shape index (κ3) is 4.81. The van der Waals surface area contributed by atoms with Gasteiger partial charge in [-0.1, -0.05) is 0 Å². The predicted octanol–water partition coefficient (Wildman–Crippen LogP) is 2.68. The first-order valence-electron chi connectivity index (χ1n) is 7.95. The number of ether oxygens (including phenoxy) is 1. The molecule has 0 bridgehead atoms. The molecule has 1 aliphatic rings. The van der Waals surface area contributed by atoms with Gasteiger partial charge in [0.15, 0.2) is 0 Å². The van der Waals surface area contributed by atoms with E-state index >= 15 is 0 Å². The number of carbonyl (C=O) groups excluding carboxylic acids is 1. The maximum atomic E-state index is 12.1. The molecule has 24 heavy (non-hydrogen) atoms. The van der Waals surface area contributed by atoms with Crippen LogP contribution >= 0.6 is 0 Å². The average Bonchev–Trinajstić information content (AvgIpc) is 2.94. The van der Waals surface area contributed by atoms with Crippen molar-refractivity contribution in [3.63, 3.8) is 0 Å². The number of pyridine rings is 1. The fraction of sp³-hybridized carbons (Fsp3) is 0.625. The van der Waals surface area contributed by atoms with Crippen LogP contribution in [0.4, 0.5) is 16.3 Å². The normalized spacial score (nSPS) is 17.7. The van der Waals surface area contributed by atoms with Gasteiger partial charge < -0.3 is 14.5 Å². The second-order valence-corrected chi connectivity index (χ2v) is 7.09. The number of nitro groups is 1. The van der Waals surface area contributed by atoms with Gasteiger partial charge in [0.25, 0.3) is 5.69 Å². The summed E-state index contributed by atoms with van der Waals surface area (Å²) in [6, 6.07) is 3.08. The molecule has 1 atom stereocenters. The Morgan fingerprint density at radius 1 is 1.50 bits per heavy atom. The highest BCUT2D eigenvalue weighted by atomic mass is 16.6. The largest absolute Gasteiger partial charge is 0.444 e. The lowest BCUT2D eigenvalue weighted by Gasteiger charge is -2.25. The van der Waals surface area contributed by atoms with E-state index in [9.17, 15) is 14.9 Å². The van der Waals surface area contributed by atoms with Gasteiger partial charge >= 0.3 is 6.09 Å². The van der Waals surface area contributed by atoms with Gasteiger partial charge in [-0.15, -0.1) is 0 Å². The first kappa shape index (κ1) is 18.0. The third-order valence-corrected chi connectivity index (χ3v) is 3.80. The van der Waals surface area contributed by atoms with Crippen molar-refractivity contribution >= 4 is 17.6 Å². The van der Waals surface area contributed by atoms with Crippen molar-refractivity contribution < 1.29 is 14.5 Å². The van der Waals surface area contributed by atoms with E-state index in [4.69, 9.17) is 4.74 Å². The van der Waals surface area contributed by atoms with E-state index in [1.54, 1.807) is 11.0 Å². The lowest BCUT2D eigenvalue weighted by molar-refractivity contribution is -0.385. The van der Waals surface area contributed by atoms with Crippen LogP contribution < -0.4 is 4.90 Å². The quantitative estimate of drug-likeness (QED) is 0.620. The van der Waals surface area contributed by atoms with E-state index in [2.05, 4.69) is 4.98 Å². The van der Waals surface area contributed by atoms with Gasteiger partial charge in [0, 0.05) is 32.7 Å². The monoisotopic (exact) mass is 336 g/mol. The summed E-state index contributed by atoms with van der Waals surface area (Å²) in [6.45, 7) is 7.61. The summed E-state index contributed by atoms with van der Waals surface area (Å²) in [5, 5.41) is 10.7. The van der Waals surface area contributed by atoms with Crippen LogP contribution in [0.1, 0.15) is 27.2 Å². The third-order valence-electron chi connectivity index (χ3n) is 3.80. The Kier molecular flexibility index (Phi) is 5.26. The van der Waals surface area contributed by atoms with Crippen LogP contribution in [-0.2, 0) is 4.74 Å². The summed E-state index contributed by atoms with van der Waals surface area (Å²) in [7, 11) is 1.89. The Bertz CT molecular complexity index is 597. The molecule has 0 aromatic carbocycles. The summed E-state index contributed by atoms with van der Waals surface area (Å²) >= 11 is 0. The number of rotatable bonds is 4. The minimum atomic E-state index is -0.491. The number of likely N-dealkylation sites (tertiary alicyclic amines) is 1. The van der Waals surface area contributed by atoms with Gasteiger partial charge in [0.1, 0.15) is 17.6 Å². The topological polar surface area (TPSA) is 88.8 Å². The molecule has 0 saturated carbocycles. The zero-order valence-electron chi connectivity index (χ0n) is 14.6.